The van der Waals surface area contributed by atoms with E-state index in [1.165, 1.54) is 0 Å². The Morgan fingerprint density at radius 1 is 1.35 bits per heavy atom. The van der Waals surface area contributed by atoms with Gasteiger partial charge in [-0.2, -0.15) is 0 Å². The van der Waals surface area contributed by atoms with Crippen LogP contribution in [-0.2, 0) is 5.41 Å². The van der Waals surface area contributed by atoms with Crippen LogP contribution in [0.4, 0.5) is 0 Å². The number of carbonyl (C=O) groups is 1. The Balaban J connectivity index is 2.30. The maximum atomic E-state index is 12.6. The summed E-state index contributed by atoms with van der Waals surface area (Å²) in [5.74, 6) is 1.23. The number of rotatable bonds is 3. The summed E-state index contributed by atoms with van der Waals surface area (Å²) in [5.41, 5.74) is 1.87. The van der Waals surface area contributed by atoms with Crippen molar-refractivity contribution in [2.24, 2.45) is 5.92 Å². The van der Waals surface area contributed by atoms with E-state index in [4.69, 9.17) is 4.74 Å². The number of ether oxygens (including phenoxy) is 1. The summed E-state index contributed by atoms with van der Waals surface area (Å²) in [6.07, 6.45) is 2.07. The van der Waals surface area contributed by atoms with Gasteiger partial charge in [-0.3, -0.25) is 4.79 Å². The highest BCUT2D eigenvalue weighted by Crippen LogP contribution is 2.32. The number of piperidine rings is 1. The van der Waals surface area contributed by atoms with Crippen molar-refractivity contribution in [1.82, 2.24) is 5.32 Å². The average Bonchev–Trinajstić information content (AvgIpc) is 2.46. The molecule has 1 atom stereocenters. The topological polar surface area (TPSA) is 38.3 Å². The molecule has 1 aliphatic rings. The van der Waals surface area contributed by atoms with Crippen LogP contribution in [0.5, 0.6) is 5.75 Å². The highest BCUT2D eigenvalue weighted by Gasteiger charge is 2.25. The second kappa shape index (κ2) is 5.96. The second-order valence-electron chi connectivity index (χ2n) is 6.57. The minimum Gasteiger partial charge on any atom is -0.496 e. The molecule has 1 unspecified atom stereocenters. The molecule has 0 aromatic heterocycles. The number of ketones is 1. The third-order valence-electron chi connectivity index (χ3n) is 3.96. The zero-order valence-corrected chi connectivity index (χ0v) is 13.0. The molecule has 0 bridgehead atoms. The Hall–Kier alpha value is -1.35. The summed E-state index contributed by atoms with van der Waals surface area (Å²) in [4.78, 5) is 12.6. The summed E-state index contributed by atoms with van der Waals surface area (Å²) in [6, 6.07) is 5.82. The molecule has 20 heavy (non-hydrogen) atoms. The molecule has 0 spiro atoms. The molecule has 0 radical (unpaired) electrons. The SMILES string of the molecule is COc1ccc(C(=O)C2CCCNC2)cc1C(C)(C)C. The Morgan fingerprint density at radius 3 is 2.65 bits per heavy atom. The normalized spacial score (nSPS) is 19.7. The minimum absolute atomic E-state index is 0.0353. The third-order valence-corrected chi connectivity index (χ3v) is 3.96. The van der Waals surface area contributed by atoms with Crippen LogP contribution in [0, 0.1) is 5.92 Å². The fraction of sp³-hybridized carbons (Fsp3) is 0.588. The van der Waals surface area contributed by atoms with Crippen LogP contribution in [0.15, 0.2) is 18.2 Å². The van der Waals surface area contributed by atoms with Crippen molar-refractivity contribution in [3.63, 3.8) is 0 Å². The third kappa shape index (κ3) is 3.21. The van der Waals surface area contributed by atoms with Gasteiger partial charge in [-0.15, -0.1) is 0 Å². The van der Waals surface area contributed by atoms with Gasteiger partial charge < -0.3 is 10.1 Å². The van der Waals surface area contributed by atoms with Crippen LogP contribution in [0.2, 0.25) is 0 Å². The van der Waals surface area contributed by atoms with E-state index in [-0.39, 0.29) is 17.1 Å². The zero-order chi connectivity index (χ0) is 14.8. The number of benzene rings is 1. The van der Waals surface area contributed by atoms with E-state index in [1.54, 1.807) is 7.11 Å². The molecule has 0 saturated carbocycles. The lowest BCUT2D eigenvalue weighted by Gasteiger charge is -2.25. The van der Waals surface area contributed by atoms with Crippen molar-refractivity contribution in [3.05, 3.63) is 29.3 Å². The van der Waals surface area contributed by atoms with Crippen LogP contribution >= 0.6 is 0 Å². The van der Waals surface area contributed by atoms with E-state index < -0.39 is 0 Å². The standard InChI is InChI=1S/C17H25NO2/c1-17(2,3)14-10-12(7-8-15(14)20-4)16(19)13-6-5-9-18-11-13/h7-8,10,13,18H,5-6,9,11H2,1-4H3. The monoisotopic (exact) mass is 275 g/mol. The molecule has 1 heterocycles. The lowest BCUT2D eigenvalue weighted by molar-refractivity contribution is 0.0899. The van der Waals surface area contributed by atoms with Crippen molar-refractivity contribution in [3.8, 4) is 5.75 Å². The number of Topliss-reactive ketones (excluding diaryl/α,β-unsaturated/α-hetero) is 1. The molecular formula is C17H25NO2. The van der Waals surface area contributed by atoms with Gasteiger partial charge in [0.15, 0.2) is 5.78 Å². The summed E-state index contributed by atoms with van der Waals surface area (Å²) < 4.78 is 5.43. The van der Waals surface area contributed by atoms with Gasteiger partial charge in [-0.1, -0.05) is 20.8 Å². The van der Waals surface area contributed by atoms with E-state index in [9.17, 15) is 4.79 Å². The maximum Gasteiger partial charge on any atom is 0.167 e. The van der Waals surface area contributed by atoms with Crippen LogP contribution in [-0.4, -0.2) is 26.0 Å². The lowest BCUT2D eigenvalue weighted by Crippen LogP contribution is -2.34. The van der Waals surface area contributed by atoms with Gasteiger partial charge in [-0.05, 0) is 43.0 Å². The van der Waals surface area contributed by atoms with Crippen molar-refractivity contribution < 1.29 is 9.53 Å². The maximum absolute atomic E-state index is 12.6. The van der Waals surface area contributed by atoms with Gasteiger partial charge in [0.25, 0.3) is 0 Å². The summed E-state index contributed by atoms with van der Waals surface area (Å²) in [7, 11) is 1.68. The van der Waals surface area contributed by atoms with Gasteiger partial charge in [0.1, 0.15) is 5.75 Å². The fourth-order valence-corrected chi connectivity index (χ4v) is 2.76. The molecule has 1 aromatic carbocycles. The Morgan fingerprint density at radius 2 is 2.10 bits per heavy atom. The molecule has 0 aliphatic carbocycles. The second-order valence-corrected chi connectivity index (χ2v) is 6.57. The summed E-state index contributed by atoms with van der Waals surface area (Å²) >= 11 is 0. The van der Waals surface area contributed by atoms with Crippen molar-refractivity contribution in [2.75, 3.05) is 20.2 Å². The Bertz CT molecular complexity index is 482. The molecular weight excluding hydrogens is 250 g/mol. The van der Waals surface area contributed by atoms with Crippen LogP contribution < -0.4 is 10.1 Å². The van der Waals surface area contributed by atoms with E-state index in [1.807, 2.05) is 18.2 Å². The number of hydrogen-bond donors (Lipinski definition) is 1. The number of nitrogens with one attached hydrogen (secondary N) is 1. The predicted molar refractivity (Wildman–Crippen MR) is 81.6 cm³/mol. The molecule has 1 fully saturated rings. The number of methoxy groups -OCH3 is 1. The van der Waals surface area contributed by atoms with Crippen molar-refractivity contribution in [1.29, 1.82) is 0 Å². The highest BCUT2D eigenvalue weighted by atomic mass is 16.5. The zero-order valence-electron chi connectivity index (χ0n) is 13.0. The van der Waals surface area contributed by atoms with Gasteiger partial charge in [0.2, 0.25) is 0 Å². The first-order valence-corrected chi connectivity index (χ1v) is 7.37. The Kier molecular flexibility index (Phi) is 4.48. The first kappa shape index (κ1) is 15.0. The van der Waals surface area contributed by atoms with Gasteiger partial charge in [0.05, 0.1) is 7.11 Å². The van der Waals surface area contributed by atoms with E-state index in [2.05, 4.69) is 26.1 Å². The lowest BCUT2D eigenvalue weighted by atomic mass is 9.83. The van der Waals surface area contributed by atoms with Crippen molar-refractivity contribution >= 4 is 5.78 Å². The summed E-state index contributed by atoms with van der Waals surface area (Å²) in [6.45, 7) is 8.25. The quantitative estimate of drug-likeness (QED) is 0.861. The molecule has 0 amide bonds. The van der Waals surface area contributed by atoms with Gasteiger partial charge in [0, 0.05) is 23.6 Å². The molecule has 3 nitrogen and oxygen atoms in total. The molecule has 1 aliphatic heterocycles. The first-order chi connectivity index (χ1) is 9.43. The van der Waals surface area contributed by atoms with Crippen LogP contribution in [0.3, 0.4) is 0 Å². The van der Waals surface area contributed by atoms with Crippen molar-refractivity contribution in [2.45, 2.75) is 39.0 Å². The van der Waals surface area contributed by atoms with Gasteiger partial charge in [-0.25, -0.2) is 0 Å². The van der Waals surface area contributed by atoms with Crippen LogP contribution in [0.1, 0.15) is 49.5 Å². The fourth-order valence-electron chi connectivity index (χ4n) is 2.76. The van der Waals surface area contributed by atoms with Crippen LogP contribution in [0.25, 0.3) is 0 Å². The first-order valence-electron chi connectivity index (χ1n) is 7.37. The number of hydrogen-bond acceptors (Lipinski definition) is 3. The molecule has 1 aromatic rings. The molecule has 2 rings (SSSR count). The molecule has 110 valence electrons. The van der Waals surface area contributed by atoms with E-state index >= 15 is 0 Å². The van der Waals surface area contributed by atoms with E-state index in [0.29, 0.717) is 0 Å². The molecule has 1 N–H and O–H groups in total. The largest absolute Gasteiger partial charge is 0.496 e. The highest BCUT2D eigenvalue weighted by molar-refractivity contribution is 5.98. The average molecular weight is 275 g/mol. The predicted octanol–water partition coefficient (Wildman–Crippen LogP) is 3.18. The molecule has 1 saturated heterocycles. The Labute approximate surface area is 121 Å². The smallest absolute Gasteiger partial charge is 0.167 e. The van der Waals surface area contributed by atoms with Gasteiger partial charge >= 0.3 is 0 Å². The molecule has 3 heteroatoms. The number of carbonyl (C=O) groups excluding carboxylic acids is 1. The summed E-state index contributed by atoms with van der Waals surface area (Å²) in [5, 5.41) is 3.31. The van der Waals surface area contributed by atoms with E-state index in [0.717, 1.165) is 42.8 Å². The minimum atomic E-state index is -0.0353.